The third-order valence-corrected chi connectivity index (χ3v) is 8.05. The van der Waals surface area contributed by atoms with E-state index in [2.05, 4.69) is 28.6 Å². The van der Waals surface area contributed by atoms with Gasteiger partial charge in [0.2, 0.25) is 6.79 Å². The maximum absolute atomic E-state index is 10.6. The van der Waals surface area contributed by atoms with Crippen LogP contribution in [0, 0.1) is 5.92 Å². The van der Waals surface area contributed by atoms with Gasteiger partial charge in [-0.3, -0.25) is 0 Å². The van der Waals surface area contributed by atoms with Crippen molar-refractivity contribution in [1.82, 2.24) is 25.0 Å². The molecule has 2 saturated carbocycles. The number of aliphatic hydroxyl groups excluding tert-OH is 3. The lowest BCUT2D eigenvalue weighted by atomic mass is 10.1. The van der Waals surface area contributed by atoms with Gasteiger partial charge >= 0.3 is 0 Å². The van der Waals surface area contributed by atoms with Crippen molar-refractivity contribution in [3.63, 3.8) is 0 Å². The van der Waals surface area contributed by atoms with Crippen LogP contribution in [0.1, 0.15) is 43.7 Å². The molecule has 0 amide bonds. The zero-order valence-corrected chi connectivity index (χ0v) is 20.1. The minimum atomic E-state index is -1.06. The van der Waals surface area contributed by atoms with Crippen LogP contribution in [0.2, 0.25) is 0 Å². The summed E-state index contributed by atoms with van der Waals surface area (Å²) in [6.45, 7) is 2.15. The van der Waals surface area contributed by atoms with E-state index in [-0.39, 0.29) is 19.4 Å². The maximum Gasteiger partial charge on any atom is 0.231 e. The summed E-state index contributed by atoms with van der Waals surface area (Å²) in [6, 6.07) is 5.70. The highest BCUT2D eigenvalue weighted by Crippen LogP contribution is 2.46. The molecule has 35 heavy (non-hydrogen) atoms. The first kappa shape index (κ1) is 22.8. The number of anilines is 1. The molecule has 0 bridgehead atoms. The maximum atomic E-state index is 10.6. The predicted octanol–water partition coefficient (Wildman–Crippen LogP) is 1.70. The molecule has 0 radical (unpaired) electrons. The van der Waals surface area contributed by atoms with Gasteiger partial charge in [-0.15, -0.1) is 5.10 Å². The van der Waals surface area contributed by atoms with Crippen molar-refractivity contribution in [1.29, 1.82) is 0 Å². The molecule has 0 unspecified atom stereocenters. The number of rotatable bonds is 8. The first-order valence-electron chi connectivity index (χ1n) is 12.0. The minimum absolute atomic E-state index is 0.181. The Morgan fingerprint density at radius 2 is 2.00 bits per heavy atom. The number of hydrogen-bond acceptors (Lipinski definition) is 11. The Labute approximate surface area is 205 Å². The molecule has 4 N–H and O–H groups in total. The lowest BCUT2D eigenvalue weighted by molar-refractivity contribution is -0.00512. The van der Waals surface area contributed by atoms with Crippen LogP contribution in [0.3, 0.4) is 0 Å². The van der Waals surface area contributed by atoms with Crippen LogP contribution in [0.5, 0.6) is 11.5 Å². The van der Waals surface area contributed by atoms with Gasteiger partial charge in [0.05, 0.1) is 12.1 Å². The molecule has 1 aromatic carbocycles. The summed E-state index contributed by atoms with van der Waals surface area (Å²) in [6.07, 6.45) is 0.228. The van der Waals surface area contributed by atoms with Crippen molar-refractivity contribution >= 4 is 28.7 Å². The average Bonchev–Trinajstić information content (AvgIpc) is 3.17. The standard InChI is InChI=1S/C23H28N6O5S/c1-2-5-35-23-25-21(24-14-8-13(14)11-3-4-16-17(7-11)34-10-33-16)18-22(26-23)29(28-27-18)15-6-12(9-30)19(31)20(15)32/h3-4,7,12-15,19-20,30-32H,2,5-6,8-10H2,1H3,(H,24,25,26)/t12-,13+,14-,15-,19-,20+/m1/s1. The second-order valence-corrected chi connectivity index (χ2v) is 10.4. The van der Waals surface area contributed by atoms with Crippen molar-refractivity contribution in [2.24, 2.45) is 5.92 Å². The van der Waals surface area contributed by atoms with Gasteiger partial charge in [0.1, 0.15) is 6.10 Å². The molecule has 3 aromatic rings. The fourth-order valence-corrected chi connectivity index (χ4v) is 5.65. The van der Waals surface area contributed by atoms with Gasteiger partial charge in [0.15, 0.2) is 33.6 Å². The van der Waals surface area contributed by atoms with Crippen LogP contribution >= 0.6 is 11.8 Å². The van der Waals surface area contributed by atoms with Gasteiger partial charge in [0, 0.05) is 30.2 Å². The number of aliphatic hydroxyl groups is 3. The van der Waals surface area contributed by atoms with Gasteiger partial charge in [-0.1, -0.05) is 30.0 Å². The van der Waals surface area contributed by atoms with E-state index in [1.165, 1.54) is 5.56 Å². The summed E-state index contributed by atoms with van der Waals surface area (Å²) >= 11 is 1.56. The molecule has 2 aromatic heterocycles. The topological polar surface area (TPSA) is 148 Å². The second kappa shape index (κ2) is 9.08. The Balaban J connectivity index is 1.29. The van der Waals surface area contributed by atoms with Crippen LogP contribution in [0.15, 0.2) is 23.4 Å². The molecule has 11 nitrogen and oxygen atoms in total. The number of benzene rings is 1. The molecule has 2 aliphatic carbocycles. The monoisotopic (exact) mass is 500 g/mol. The highest BCUT2D eigenvalue weighted by atomic mass is 32.2. The van der Waals surface area contributed by atoms with Gasteiger partial charge < -0.3 is 30.1 Å². The van der Waals surface area contributed by atoms with Crippen molar-refractivity contribution in [3.05, 3.63) is 23.8 Å². The van der Waals surface area contributed by atoms with E-state index in [0.29, 0.717) is 34.5 Å². The average molecular weight is 501 g/mol. The Morgan fingerprint density at radius 3 is 2.80 bits per heavy atom. The lowest BCUT2D eigenvalue weighted by Gasteiger charge is -2.17. The summed E-state index contributed by atoms with van der Waals surface area (Å²) < 4.78 is 12.5. The largest absolute Gasteiger partial charge is 0.454 e. The molecular formula is C23H28N6O5S. The molecule has 0 saturated heterocycles. The third kappa shape index (κ3) is 4.07. The minimum Gasteiger partial charge on any atom is -0.454 e. The van der Waals surface area contributed by atoms with E-state index in [1.807, 2.05) is 12.1 Å². The highest BCUT2D eigenvalue weighted by molar-refractivity contribution is 7.99. The zero-order chi connectivity index (χ0) is 24.1. The number of hydrogen-bond donors (Lipinski definition) is 4. The van der Waals surface area contributed by atoms with E-state index in [0.717, 1.165) is 30.1 Å². The Bertz CT molecular complexity index is 1240. The van der Waals surface area contributed by atoms with Crippen molar-refractivity contribution in [2.45, 2.75) is 61.6 Å². The van der Waals surface area contributed by atoms with Crippen molar-refractivity contribution < 1.29 is 24.8 Å². The molecule has 6 rings (SSSR count). The van der Waals surface area contributed by atoms with Crippen molar-refractivity contribution in [3.8, 4) is 11.5 Å². The van der Waals surface area contributed by atoms with Crippen LogP contribution in [0.4, 0.5) is 5.82 Å². The van der Waals surface area contributed by atoms with Gasteiger partial charge in [-0.25, -0.2) is 14.6 Å². The zero-order valence-electron chi connectivity index (χ0n) is 19.2. The summed E-state index contributed by atoms with van der Waals surface area (Å²) in [5.41, 5.74) is 2.21. The SMILES string of the molecule is CCCSc1nc(N[C@@H]2C[C@H]2c2ccc3c(c2)OCO3)c2nnn([C@@H]3C[C@H](CO)[C@@H](O)[C@H]3O)c2n1. The van der Waals surface area contributed by atoms with Crippen LogP contribution in [0.25, 0.3) is 11.2 Å². The fourth-order valence-electron chi connectivity index (χ4n) is 4.96. The molecule has 6 atom stereocenters. The summed E-state index contributed by atoms with van der Waals surface area (Å²) in [5, 5.41) is 43.3. The lowest BCUT2D eigenvalue weighted by Crippen LogP contribution is -2.30. The molecule has 12 heteroatoms. The van der Waals surface area contributed by atoms with E-state index in [4.69, 9.17) is 19.4 Å². The molecule has 0 spiro atoms. The summed E-state index contributed by atoms with van der Waals surface area (Å²) in [5.74, 6) is 2.92. The van der Waals surface area contributed by atoms with Gasteiger partial charge in [-0.05, 0) is 37.0 Å². The van der Waals surface area contributed by atoms with E-state index < -0.39 is 24.2 Å². The number of ether oxygens (including phenoxy) is 2. The number of nitrogens with one attached hydrogen (secondary N) is 1. The molecule has 1 aliphatic heterocycles. The van der Waals surface area contributed by atoms with Crippen LogP contribution in [-0.2, 0) is 0 Å². The van der Waals surface area contributed by atoms with E-state index in [9.17, 15) is 15.3 Å². The first-order chi connectivity index (χ1) is 17.1. The third-order valence-electron chi connectivity index (χ3n) is 7.00. The Hall–Kier alpha value is -2.67. The van der Waals surface area contributed by atoms with Crippen molar-refractivity contribution in [2.75, 3.05) is 24.5 Å². The molecule has 2 fully saturated rings. The first-order valence-corrected chi connectivity index (χ1v) is 12.9. The molecule has 186 valence electrons. The Morgan fingerprint density at radius 1 is 1.14 bits per heavy atom. The number of aromatic nitrogens is 5. The van der Waals surface area contributed by atoms with E-state index in [1.54, 1.807) is 16.4 Å². The fraction of sp³-hybridized carbons (Fsp3) is 0.565. The Kier molecular flexibility index (Phi) is 5.91. The number of thioether (sulfide) groups is 1. The predicted molar refractivity (Wildman–Crippen MR) is 128 cm³/mol. The number of fused-ring (bicyclic) bond motifs is 2. The van der Waals surface area contributed by atoms with E-state index >= 15 is 0 Å². The summed E-state index contributed by atoms with van der Waals surface area (Å²) in [4.78, 5) is 9.43. The second-order valence-electron chi connectivity index (χ2n) is 9.34. The van der Waals surface area contributed by atoms with Crippen LogP contribution < -0.4 is 14.8 Å². The molecular weight excluding hydrogens is 472 g/mol. The highest BCUT2D eigenvalue weighted by Gasteiger charge is 2.44. The normalized spacial score (nSPS) is 29.1. The molecule has 3 aliphatic rings. The van der Waals surface area contributed by atoms with Crippen LogP contribution in [-0.4, -0.2) is 77.7 Å². The molecule has 3 heterocycles. The van der Waals surface area contributed by atoms with Gasteiger partial charge in [0.25, 0.3) is 0 Å². The quantitative estimate of drug-likeness (QED) is 0.264. The summed E-state index contributed by atoms with van der Waals surface area (Å²) in [7, 11) is 0. The number of nitrogens with zero attached hydrogens (tertiary/aromatic N) is 5. The smallest absolute Gasteiger partial charge is 0.231 e. The van der Waals surface area contributed by atoms with Gasteiger partial charge in [-0.2, -0.15) is 0 Å².